The zero-order valence-corrected chi connectivity index (χ0v) is 29.8. The molecular formula is C51H32N4. The Balaban J connectivity index is 1.08. The molecule has 0 amide bonds. The minimum Gasteiger partial charge on any atom is -0.264 e. The van der Waals surface area contributed by atoms with Crippen molar-refractivity contribution in [3.63, 3.8) is 0 Å². The quantitative estimate of drug-likeness (QED) is 0.179. The van der Waals surface area contributed by atoms with E-state index in [2.05, 4.69) is 175 Å². The molecule has 0 atom stereocenters. The number of aromatic nitrogens is 4. The second kappa shape index (κ2) is 12.4. The van der Waals surface area contributed by atoms with Crippen molar-refractivity contribution < 1.29 is 0 Å². The van der Waals surface area contributed by atoms with E-state index in [4.69, 9.17) is 15.0 Å². The van der Waals surface area contributed by atoms with Crippen LogP contribution in [0.15, 0.2) is 194 Å². The Morgan fingerprint density at radius 2 is 0.691 bits per heavy atom. The predicted molar refractivity (Wildman–Crippen MR) is 221 cm³/mol. The third-order valence-corrected chi connectivity index (χ3v) is 11.3. The van der Waals surface area contributed by atoms with Gasteiger partial charge in [0.1, 0.15) is 0 Å². The van der Waals surface area contributed by atoms with Crippen LogP contribution >= 0.6 is 0 Å². The fourth-order valence-corrected chi connectivity index (χ4v) is 8.79. The monoisotopic (exact) mass is 700 g/mol. The highest BCUT2D eigenvalue weighted by Gasteiger charge is 2.51. The van der Waals surface area contributed by atoms with Gasteiger partial charge in [-0.25, -0.2) is 15.0 Å². The van der Waals surface area contributed by atoms with Crippen molar-refractivity contribution in [2.45, 2.75) is 5.41 Å². The van der Waals surface area contributed by atoms with Gasteiger partial charge in [0.05, 0.1) is 5.41 Å². The first-order valence-corrected chi connectivity index (χ1v) is 18.6. The number of rotatable bonds is 5. The van der Waals surface area contributed by atoms with Gasteiger partial charge in [-0.1, -0.05) is 170 Å². The average molecular weight is 701 g/mol. The Hall–Kier alpha value is -7.30. The molecule has 0 bridgehead atoms. The van der Waals surface area contributed by atoms with Crippen LogP contribution < -0.4 is 0 Å². The molecule has 7 aromatic carbocycles. The van der Waals surface area contributed by atoms with E-state index in [0.29, 0.717) is 17.5 Å². The standard InChI is InChI=1S/C51H32N4/c1-2-11-33(12-3-1)34-20-24-36(25-21-34)48-53-49(37-26-22-35(23-27-37)39-13-10-30-52-32-39)55-50(54-48)38-28-29-47-43(31-38)42-16-6-9-19-46(42)51(47)44-17-7-4-14-40(44)41-15-5-8-18-45(41)51/h1-32H. The first-order valence-electron chi connectivity index (χ1n) is 18.6. The largest absolute Gasteiger partial charge is 0.264 e. The van der Waals surface area contributed by atoms with Crippen LogP contribution in [0.5, 0.6) is 0 Å². The number of hydrogen-bond donors (Lipinski definition) is 0. The van der Waals surface area contributed by atoms with E-state index >= 15 is 0 Å². The Morgan fingerprint density at radius 1 is 0.291 bits per heavy atom. The van der Waals surface area contributed by atoms with Crippen molar-refractivity contribution in [3.8, 4) is 78.7 Å². The summed E-state index contributed by atoms with van der Waals surface area (Å²) >= 11 is 0. The first kappa shape index (κ1) is 31.2. The van der Waals surface area contributed by atoms with Crippen molar-refractivity contribution in [1.29, 1.82) is 0 Å². The van der Waals surface area contributed by atoms with Gasteiger partial charge in [-0.3, -0.25) is 4.98 Å². The van der Waals surface area contributed by atoms with Crippen LogP contribution in [0.1, 0.15) is 22.3 Å². The Kier molecular flexibility index (Phi) is 7.04. The maximum atomic E-state index is 5.18. The van der Waals surface area contributed by atoms with Gasteiger partial charge in [0.2, 0.25) is 0 Å². The summed E-state index contributed by atoms with van der Waals surface area (Å²) in [6.07, 6.45) is 3.67. The molecule has 2 aliphatic rings. The van der Waals surface area contributed by atoms with E-state index < -0.39 is 5.41 Å². The summed E-state index contributed by atoms with van der Waals surface area (Å²) in [4.78, 5) is 19.7. The molecule has 11 rings (SSSR count). The van der Waals surface area contributed by atoms with Gasteiger partial charge in [0, 0.05) is 29.1 Å². The molecule has 1 spiro atoms. The zero-order valence-electron chi connectivity index (χ0n) is 29.8. The first-order chi connectivity index (χ1) is 27.3. The number of fused-ring (bicyclic) bond motifs is 10. The van der Waals surface area contributed by atoms with Crippen molar-refractivity contribution in [2.75, 3.05) is 0 Å². The number of nitrogens with zero attached hydrogens (tertiary/aromatic N) is 4. The van der Waals surface area contributed by atoms with Crippen LogP contribution in [0.4, 0.5) is 0 Å². The third kappa shape index (κ3) is 4.85. The fraction of sp³-hybridized carbons (Fsp3) is 0.0196. The third-order valence-electron chi connectivity index (χ3n) is 11.3. The lowest BCUT2D eigenvalue weighted by Gasteiger charge is -2.30. The molecule has 4 nitrogen and oxygen atoms in total. The van der Waals surface area contributed by atoms with E-state index in [1.165, 1.54) is 50.1 Å². The molecule has 9 aromatic rings. The molecule has 256 valence electrons. The van der Waals surface area contributed by atoms with Crippen LogP contribution in [0.3, 0.4) is 0 Å². The van der Waals surface area contributed by atoms with Crippen molar-refractivity contribution >= 4 is 0 Å². The highest BCUT2D eigenvalue weighted by atomic mass is 15.0. The molecule has 0 aliphatic heterocycles. The minimum absolute atomic E-state index is 0.399. The molecule has 2 aromatic heterocycles. The molecule has 55 heavy (non-hydrogen) atoms. The van der Waals surface area contributed by atoms with E-state index in [1.807, 2.05) is 18.3 Å². The van der Waals surface area contributed by atoms with Crippen LogP contribution in [-0.2, 0) is 5.41 Å². The van der Waals surface area contributed by atoms with Crippen molar-refractivity contribution in [1.82, 2.24) is 19.9 Å². The Bertz CT molecular complexity index is 2750. The van der Waals surface area contributed by atoms with E-state index in [9.17, 15) is 0 Å². The molecule has 4 heteroatoms. The SMILES string of the molecule is c1ccc(-c2ccc(-c3nc(-c4ccc(-c5cccnc5)cc4)nc(-c4ccc5c(c4)-c4ccccc4C54c5ccccc5-c5ccccc54)n3)cc2)cc1. The van der Waals surface area contributed by atoms with Gasteiger partial charge >= 0.3 is 0 Å². The second-order valence-electron chi connectivity index (χ2n) is 14.2. The number of hydrogen-bond acceptors (Lipinski definition) is 4. The van der Waals surface area contributed by atoms with Crippen LogP contribution in [0.25, 0.3) is 78.7 Å². The smallest absolute Gasteiger partial charge is 0.164 e. The summed E-state index contributed by atoms with van der Waals surface area (Å²) in [6.45, 7) is 0. The topological polar surface area (TPSA) is 51.6 Å². The normalized spacial score (nSPS) is 12.9. The van der Waals surface area contributed by atoms with Gasteiger partial charge in [-0.05, 0) is 78.9 Å². The fourth-order valence-electron chi connectivity index (χ4n) is 8.79. The van der Waals surface area contributed by atoms with Crippen molar-refractivity contribution in [3.05, 3.63) is 217 Å². The molecule has 0 fully saturated rings. The average Bonchev–Trinajstić information content (AvgIpc) is 3.74. The number of benzene rings is 7. The second-order valence-corrected chi connectivity index (χ2v) is 14.2. The zero-order chi connectivity index (χ0) is 36.3. The van der Waals surface area contributed by atoms with Gasteiger partial charge in [-0.15, -0.1) is 0 Å². The van der Waals surface area contributed by atoms with Crippen LogP contribution in [0, 0.1) is 0 Å². The highest BCUT2D eigenvalue weighted by Crippen LogP contribution is 2.62. The summed E-state index contributed by atoms with van der Waals surface area (Å²) in [5, 5.41) is 0. The lowest BCUT2D eigenvalue weighted by Crippen LogP contribution is -2.25. The molecular weight excluding hydrogens is 669 g/mol. The minimum atomic E-state index is -0.399. The predicted octanol–water partition coefficient (Wildman–Crippen LogP) is 11.9. The Labute approximate surface area is 319 Å². The summed E-state index contributed by atoms with van der Waals surface area (Å²) in [6, 6.07) is 64.8. The molecule has 0 saturated carbocycles. The highest BCUT2D eigenvalue weighted by molar-refractivity contribution is 5.96. The van der Waals surface area contributed by atoms with E-state index in [0.717, 1.165) is 33.4 Å². The van der Waals surface area contributed by atoms with Gasteiger partial charge in [0.25, 0.3) is 0 Å². The molecule has 0 radical (unpaired) electrons. The van der Waals surface area contributed by atoms with Gasteiger partial charge < -0.3 is 0 Å². The van der Waals surface area contributed by atoms with E-state index in [1.54, 1.807) is 6.20 Å². The van der Waals surface area contributed by atoms with Gasteiger partial charge in [-0.2, -0.15) is 0 Å². The van der Waals surface area contributed by atoms with Crippen molar-refractivity contribution in [2.24, 2.45) is 0 Å². The van der Waals surface area contributed by atoms with E-state index in [-0.39, 0.29) is 0 Å². The molecule has 2 aliphatic carbocycles. The maximum absolute atomic E-state index is 5.18. The lowest BCUT2D eigenvalue weighted by atomic mass is 9.70. The summed E-state index contributed by atoms with van der Waals surface area (Å²) < 4.78 is 0. The van der Waals surface area contributed by atoms with Gasteiger partial charge in [0.15, 0.2) is 17.5 Å². The number of pyridine rings is 1. The molecule has 2 heterocycles. The Morgan fingerprint density at radius 3 is 1.24 bits per heavy atom. The maximum Gasteiger partial charge on any atom is 0.164 e. The molecule has 0 saturated heterocycles. The van der Waals surface area contributed by atoms with Crippen LogP contribution in [0.2, 0.25) is 0 Å². The van der Waals surface area contributed by atoms with Crippen LogP contribution in [-0.4, -0.2) is 19.9 Å². The summed E-state index contributed by atoms with van der Waals surface area (Å²) in [7, 11) is 0. The molecule has 0 unspecified atom stereocenters. The summed E-state index contributed by atoms with van der Waals surface area (Å²) in [5.74, 6) is 1.89. The molecule has 0 N–H and O–H groups in total. The lowest BCUT2D eigenvalue weighted by molar-refractivity contribution is 0.794. The summed E-state index contributed by atoms with van der Waals surface area (Å²) in [5.41, 5.74) is 17.1.